The number of pyridine rings is 1. The van der Waals surface area contributed by atoms with Crippen LogP contribution >= 0.6 is 27.7 Å². The molecule has 1 aromatic heterocycles. The van der Waals surface area contributed by atoms with Crippen molar-refractivity contribution in [3.63, 3.8) is 0 Å². The van der Waals surface area contributed by atoms with Gasteiger partial charge in [-0.15, -0.1) is 11.8 Å². The Morgan fingerprint density at radius 2 is 2.10 bits per heavy atom. The lowest BCUT2D eigenvalue weighted by atomic mass is 10.2. The molecular formula is C15H14BrN3OS. The fourth-order valence-electron chi connectivity index (χ4n) is 1.52. The van der Waals surface area contributed by atoms with E-state index in [4.69, 9.17) is 0 Å². The summed E-state index contributed by atoms with van der Waals surface area (Å²) in [6.45, 7) is 0. The third-order valence-corrected chi connectivity index (χ3v) is 4.28. The van der Waals surface area contributed by atoms with Crippen molar-refractivity contribution in [2.24, 2.45) is 5.10 Å². The molecule has 0 saturated heterocycles. The molecule has 2 aromatic rings. The number of thioether (sulfide) groups is 1. The van der Waals surface area contributed by atoms with Gasteiger partial charge in [-0.05, 0) is 23.8 Å². The van der Waals surface area contributed by atoms with E-state index in [0.29, 0.717) is 11.4 Å². The number of hydrogen-bond donors (Lipinski definition) is 1. The van der Waals surface area contributed by atoms with Crippen molar-refractivity contribution in [2.45, 2.75) is 5.75 Å². The maximum absolute atomic E-state index is 11.6. The van der Waals surface area contributed by atoms with Crippen LogP contribution in [0.1, 0.15) is 11.3 Å². The van der Waals surface area contributed by atoms with Crippen LogP contribution in [0, 0.1) is 0 Å². The predicted octanol–water partition coefficient (Wildman–Crippen LogP) is 3.23. The average molecular weight is 364 g/mol. The summed E-state index contributed by atoms with van der Waals surface area (Å²) in [6, 6.07) is 13.5. The third-order valence-electron chi connectivity index (χ3n) is 2.52. The molecule has 0 aliphatic heterocycles. The highest BCUT2D eigenvalue weighted by Gasteiger charge is 2.02. The molecule has 21 heavy (non-hydrogen) atoms. The van der Waals surface area contributed by atoms with Crippen LogP contribution in [0.25, 0.3) is 0 Å². The van der Waals surface area contributed by atoms with Crippen LogP contribution in [-0.4, -0.2) is 22.9 Å². The lowest BCUT2D eigenvalue weighted by molar-refractivity contribution is -0.118. The van der Waals surface area contributed by atoms with Gasteiger partial charge in [0.2, 0.25) is 5.91 Å². The van der Waals surface area contributed by atoms with Gasteiger partial charge in [-0.1, -0.05) is 40.2 Å². The summed E-state index contributed by atoms with van der Waals surface area (Å²) in [6.07, 6.45) is 3.20. The molecule has 0 spiro atoms. The Kier molecular flexibility index (Phi) is 6.43. The van der Waals surface area contributed by atoms with Crippen molar-refractivity contribution in [1.29, 1.82) is 0 Å². The van der Waals surface area contributed by atoms with Gasteiger partial charge in [0, 0.05) is 16.4 Å². The van der Waals surface area contributed by atoms with E-state index in [-0.39, 0.29) is 5.91 Å². The Hall–Kier alpha value is -1.66. The topological polar surface area (TPSA) is 54.4 Å². The second kappa shape index (κ2) is 8.59. The van der Waals surface area contributed by atoms with Gasteiger partial charge >= 0.3 is 0 Å². The van der Waals surface area contributed by atoms with Crippen molar-refractivity contribution in [3.05, 3.63) is 64.4 Å². The summed E-state index contributed by atoms with van der Waals surface area (Å²) >= 11 is 5.03. The summed E-state index contributed by atoms with van der Waals surface area (Å²) in [4.78, 5) is 15.7. The maximum atomic E-state index is 11.6. The molecule has 0 bridgehead atoms. The van der Waals surface area contributed by atoms with E-state index in [1.54, 1.807) is 18.0 Å². The molecule has 1 heterocycles. The number of hydrazone groups is 1. The van der Waals surface area contributed by atoms with E-state index in [1.165, 1.54) is 11.8 Å². The van der Waals surface area contributed by atoms with E-state index in [0.717, 1.165) is 10.2 Å². The predicted molar refractivity (Wildman–Crippen MR) is 90.3 cm³/mol. The van der Waals surface area contributed by atoms with Crippen molar-refractivity contribution < 1.29 is 4.79 Å². The fraction of sp³-hybridized carbons (Fsp3) is 0.133. The lowest BCUT2D eigenvalue weighted by Gasteiger charge is -2.03. The second-order valence-corrected chi connectivity index (χ2v) is 5.97. The largest absolute Gasteiger partial charge is 0.272 e. The van der Waals surface area contributed by atoms with E-state index in [2.05, 4.69) is 31.4 Å². The van der Waals surface area contributed by atoms with Crippen molar-refractivity contribution >= 4 is 39.8 Å². The van der Waals surface area contributed by atoms with Crippen molar-refractivity contribution in [2.75, 3.05) is 5.75 Å². The molecule has 6 heteroatoms. The molecule has 1 aromatic carbocycles. The normalized spacial score (nSPS) is 10.7. The van der Waals surface area contributed by atoms with Gasteiger partial charge in [-0.3, -0.25) is 9.78 Å². The number of rotatable bonds is 6. The average Bonchev–Trinajstić information content (AvgIpc) is 2.50. The van der Waals surface area contributed by atoms with Crippen LogP contribution < -0.4 is 5.43 Å². The Morgan fingerprint density at radius 1 is 1.29 bits per heavy atom. The van der Waals surface area contributed by atoms with Gasteiger partial charge in [0.25, 0.3) is 0 Å². The molecule has 0 radical (unpaired) electrons. The Balaban J connectivity index is 1.71. The Morgan fingerprint density at radius 3 is 2.86 bits per heavy atom. The molecular weight excluding hydrogens is 350 g/mol. The first-order valence-electron chi connectivity index (χ1n) is 6.30. The minimum atomic E-state index is -0.126. The first-order valence-corrected chi connectivity index (χ1v) is 8.24. The molecule has 4 nitrogen and oxygen atoms in total. The van der Waals surface area contributed by atoms with E-state index < -0.39 is 0 Å². The zero-order chi connectivity index (χ0) is 14.9. The molecule has 0 unspecified atom stereocenters. The smallest absolute Gasteiger partial charge is 0.250 e. The van der Waals surface area contributed by atoms with Crippen LogP contribution in [0.5, 0.6) is 0 Å². The zero-order valence-corrected chi connectivity index (χ0v) is 13.6. The molecule has 0 aliphatic rings. The monoisotopic (exact) mass is 363 g/mol. The first-order chi connectivity index (χ1) is 10.3. The third kappa shape index (κ3) is 5.69. The van der Waals surface area contributed by atoms with Gasteiger partial charge in [-0.2, -0.15) is 5.10 Å². The highest BCUT2D eigenvalue weighted by molar-refractivity contribution is 9.10. The van der Waals surface area contributed by atoms with Crippen molar-refractivity contribution in [1.82, 2.24) is 10.4 Å². The van der Waals surface area contributed by atoms with Gasteiger partial charge < -0.3 is 0 Å². The number of aromatic nitrogens is 1. The number of nitrogens with one attached hydrogen (secondary N) is 1. The van der Waals surface area contributed by atoms with Crippen molar-refractivity contribution in [3.8, 4) is 0 Å². The SMILES string of the molecule is O=C(CSCc1ccccc1Br)N/N=C/c1ccccn1. The molecule has 108 valence electrons. The molecule has 1 amide bonds. The van der Waals surface area contributed by atoms with Crippen LogP contribution in [-0.2, 0) is 10.5 Å². The van der Waals surface area contributed by atoms with Crippen LogP contribution in [0.15, 0.2) is 58.2 Å². The first kappa shape index (κ1) is 15.7. The second-order valence-electron chi connectivity index (χ2n) is 4.13. The lowest BCUT2D eigenvalue weighted by Crippen LogP contribution is -2.19. The fourth-order valence-corrected chi connectivity index (χ4v) is 2.96. The van der Waals surface area contributed by atoms with Crippen LogP contribution in [0.2, 0.25) is 0 Å². The summed E-state index contributed by atoms with van der Waals surface area (Å²) in [5.41, 5.74) is 4.37. The number of carbonyl (C=O) groups is 1. The van der Waals surface area contributed by atoms with E-state index >= 15 is 0 Å². The molecule has 0 saturated carbocycles. The number of hydrogen-bond acceptors (Lipinski definition) is 4. The number of amides is 1. The standard InChI is InChI=1S/C15H14BrN3OS/c16-14-7-2-1-5-12(14)10-21-11-15(20)19-18-9-13-6-3-4-8-17-13/h1-9H,10-11H2,(H,19,20)/b18-9+. The number of nitrogens with zero attached hydrogens (tertiary/aromatic N) is 2. The summed E-state index contributed by atoms with van der Waals surface area (Å²) in [7, 11) is 0. The molecule has 2 rings (SSSR count). The van der Waals surface area contributed by atoms with E-state index in [9.17, 15) is 4.79 Å². The van der Waals surface area contributed by atoms with Crippen LogP contribution in [0.4, 0.5) is 0 Å². The molecule has 1 N–H and O–H groups in total. The maximum Gasteiger partial charge on any atom is 0.250 e. The highest BCUT2D eigenvalue weighted by atomic mass is 79.9. The van der Waals surface area contributed by atoms with Gasteiger partial charge in [0.1, 0.15) is 0 Å². The molecule has 0 atom stereocenters. The summed E-state index contributed by atoms with van der Waals surface area (Å²) in [5, 5.41) is 3.88. The van der Waals surface area contributed by atoms with Crippen LogP contribution in [0.3, 0.4) is 0 Å². The van der Waals surface area contributed by atoms with Gasteiger partial charge in [0.15, 0.2) is 0 Å². The zero-order valence-electron chi connectivity index (χ0n) is 11.2. The summed E-state index contributed by atoms with van der Waals surface area (Å²) in [5.74, 6) is 1.01. The number of carbonyl (C=O) groups excluding carboxylic acids is 1. The number of benzene rings is 1. The van der Waals surface area contributed by atoms with Gasteiger partial charge in [-0.25, -0.2) is 5.43 Å². The van der Waals surface area contributed by atoms with Gasteiger partial charge in [0.05, 0.1) is 17.7 Å². The Bertz CT molecular complexity index is 619. The highest BCUT2D eigenvalue weighted by Crippen LogP contribution is 2.20. The molecule has 0 fully saturated rings. The minimum absolute atomic E-state index is 0.126. The quantitative estimate of drug-likeness (QED) is 0.633. The minimum Gasteiger partial charge on any atom is -0.272 e. The Labute approximate surface area is 136 Å². The number of halogens is 1. The van der Waals surface area contributed by atoms with E-state index in [1.807, 2.05) is 42.5 Å². The molecule has 0 aliphatic carbocycles. The summed E-state index contributed by atoms with van der Waals surface area (Å²) < 4.78 is 1.06.